The van der Waals surface area contributed by atoms with Crippen molar-refractivity contribution in [1.29, 1.82) is 0 Å². The van der Waals surface area contributed by atoms with Gasteiger partial charge in [0.1, 0.15) is 5.76 Å². The van der Waals surface area contributed by atoms with E-state index in [0.717, 1.165) is 22.7 Å². The van der Waals surface area contributed by atoms with Gasteiger partial charge in [-0.1, -0.05) is 42.5 Å². The zero-order valence-corrected chi connectivity index (χ0v) is 17.4. The van der Waals surface area contributed by atoms with Crippen LogP contribution >= 0.6 is 0 Å². The molecule has 162 valence electrons. The summed E-state index contributed by atoms with van der Waals surface area (Å²) in [6, 6.07) is 17.4. The minimum absolute atomic E-state index is 0.0137. The van der Waals surface area contributed by atoms with Crippen molar-refractivity contribution in [3.05, 3.63) is 101 Å². The molecule has 4 rings (SSSR count). The van der Waals surface area contributed by atoms with Gasteiger partial charge in [-0.25, -0.2) is 8.78 Å². The van der Waals surface area contributed by atoms with Crippen molar-refractivity contribution < 1.29 is 23.5 Å². The number of carbonyl (C=O) groups is 2. The van der Waals surface area contributed by atoms with E-state index in [-0.39, 0.29) is 17.0 Å². The molecule has 0 spiro atoms. The zero-order chi connectivity index (χ0) is 23.0. The summed E-state index contributed by atoms with van der Waals surface area (Å²) in [7, 11) is 3.75. The molecule has 1 aliphatic heterocycles. The van der Waals surface area contributed by atoms with E-state index in [1.54, 1.807) is 42.5 Å². The van der Waals surface area contributed by atoms with Gasteiger partial charge in [-0.3, -0.25) is 14.5 Å². The van der Waals surface area contributed by atoms with Crippen LogP contribution in [-0.4, -0.2) is 30.9 Å². The van der Waals surface area contributed by atoms with Crippen LogP contribution in [-0.2, 0) is 9.59 Å². The first-order valence-electron chi connectivity index (χ1n) is 9.88. The summed E-state index contributed by atoms with van der Waals surface area (Å²) in [5, 5.41) is 11.0. The first-order valence-corrected chi connectivity index (χ1v) is 9.88. The Hall–Kier alpha value is -4.00. The van der Waals surface area contributed by atoms with Gasteiger partial charge in [0, 0.05) is 37.1 Å². The monoisotopic (exact) mass is 434 g/mol. The number of carbonyl (C=O) groups excluding carboxylic acids is 2. The van der Waals surface area contributed by atoms with E-state index in [1.807, 2.05) is 31.1 Å². The highest BCUT2D eigenvalue weighted by atomic mass is 19.2. The summed E-state index contributed by atoms with van der Waals surface area (Å²) >= 11 is 0. The van der Waals surface area contributed by atoms with Gasteiger partial charge in [-0.15, -0.1) is 0 Å². The molecule has 1 fully saturated rings. The van der Waals surface area contributed by atoms with Crippen LogP contribution in [0.4, 0.5) is 20.2 Å². The maximum atomic E-state index is 14.0. The summed E-state index contributed by atoms with van der Waals surface area (Å²) < 4.78 is 27.5. The smallest absolute Gasteiger partial charge is 0.300 e. The average molecular weight is 434 g/mol. The van der Waals surface area contributed by atoms with Crippen LogP contribution < -0.4 is 9.80 Å². The molecule has 0 saturated carbocycles. The molecule has 1 saturated heterocycles. The highest BCUT2D eigenvalue weighted by Crippen LogP contribution is 2.42. The third kappa shape index (κ3) is 3.62. The van der Waals surface area contributed by atoms with E-state index in [4.69, 9.17) is 0 Å². The Labute approximate surface area is 183 Å². The summed E-state index contributed by atoms with van der Waals surface area (Å²) in [6.45, 7) is 0. The second-order valence-corrected chi connectivity index (χ2v) is 7.62. The Bertz CT molecular complexity index is 1220. The van der Waals surface area contributed by atoms with Crippen LogP contribution in [0, 0.1) is 11.6 Å². The van der Waals surface area contributed by atoms with Gasteiger partial charge in [0.05, 0.1) is 11.6 Å². The van der Waals surface area contributed by atoms with Crippen LogP contribution in [0.25, 0.3) is 5.76 Å². The fraction of sp³-hybridized carbons (Fsp3) is 0.120. The van der Waals surface area contributed by atoms with Gasteiger partial charge in [0.15, 0.2) is 11.6 Å². The molecule has 7 heteroatoms. The standard InChI is InChI=1S/C25H20F2N2O3/c1-28(2)17-10-8-15(9-11-17)22-21(23(30)16-6-4-3-5-7-16)24(31)25(32)29(22)18-12-13-19(26)20(27)14-18/h3-14,22,30H,1-2H3/b23-21+. The number of hydrogen-bond acceptors (Lipinski definition) is 4. The Balaban J connectivity index is 1.93. The Kier molecular flexibility index (Phi) is 5.48. The molecule has 32 heavy (non-hydrogen) atoms. The second-order valence-electron chi connectivity index (χ2n) is 7.62. The molecule has 0 radical (unpaired) electrons. The maximum Gasteiger partial charge on any atom is 0.300 e. The van der Waals surface area contributed by atoms with Crippen molar-refractivity contribution in [1.82, 2.24) is 0 Å². The molecule has 0 bridgehead atoms. The van der Waals surface area contributed by atoms with Crippen LogP contribution in [0.1, 0.15) is 17.2 Å². The lowest BCUT2D eigenvalue weighted by molar-refractivity contribution is -0.132. The fourth-order valence-electron chi connectivity index (χ4n) is 3.76. The first kappa shape index (κ1) is 21.2. The van der Waals surface area contributed by atoms with Crippen molar-refractivity contribution in [3.63, 3.8) is 0 Å². The largest absolute Gasteiger partial charge is 0.507 e. The summed E-state index contributed by atoms with van der Waals surface area (Å²) in [6.07, 6.45) is 0. The van der Waals surface area contributed by atoms with Gasteiger partial charge in [0.2, 0.25) is 0 Å². The number of halogens is 2. The molecule has 3 aromatic carbocycles. The molecule has 1 unspecified atom stereocenters. The number of aliphatic hydroxyl groups is 1. The fourth-order valence-corrected chi connectivity index (χ4v) is 3.76. The molecule has 1 aliphatic rings. The van der Waals surface area contributed by atoms with E-state index in [2.05, 4.69) is 0 Å². The lowest BCUT2D eigenvalue weighted by atomic mass is 9.95. The summed E-state index contributed by atoms with van der Waals surface area (Å²) in [5.41, 5.74) is 1.69. The van der Waals surface area contributed by atoms with E-state index in [0.29, 0.717) is 11.1 Å². The highest BCUT2D eigenvalue weighted by Gasteiger charge is 2.47. The number of rotatable bonds is 4. The molecule has 0 aromatic heterocycles. The number of anilines is 2. The number of hydrogen-bond donors (Lipinski definition) is 1. The first-order chi connectivity index (χ1) is 15.3. The molecule has 0 aliphatic carbocycles. The van der Waals surface area contributed by atoms with E-state index < -0.39 is 29.4 Å². The Morgan fingerprint density at radius 2 is 1.56 bits per heavy atom. The van der Waals surface area contributed by atoms with Gasteiger partial charge < -0.3 is 10.0 Å². The number of nitrogens with zero attached hydrogens (tertiary/aromatic N) is 2. The van der Waals surface area contributed by atoms with Crippen molar-refractivity contribution in [3.8, 4) is 0 Å². The van der Waals surface area contributed by atoms with E-state index >= 15 is 0 Å². The van der Waals surface area contributed by atoms with Crippen LogP contribution in [0.15, 0.2) is 78.4 Å². The zero-order valence-electron chi connectivity index (χ0n) is 17.4. The Morgan fingerprint density at radius 1 is 0.906 bits per heavy atom. The second kappa shape index (κ2) is 8.26. The summed E-state index contributed by atoms with van der Waals surface area (Å²) in [4.78, 5) is 29.0. The Morgan fingerprint density at radius 3 is 2.16 bits per heavy atom. The number of benzene rings is 3. The molecule has 5 nitrogen and oxygen atoms in total. The number of ketones is 1. The minimum Gasteiger partial charge on any atom is -0.507 e. The highest BCUT2D eigenvalue weighted by molar-refractivity contribution is 6.51. The quantitative estimate of drug-likeness (QED) is 0.369. The molecule has 1 N–H and O–H groups in total. The number of aliphatic hydroxyl groups excluding tert-OH is 1. The predicted octanol–water partition coefficient (Wildman–Crippen LogP) is 4.66. The topological polar surface area (TPSA) is 60.9 Å². The lowest BCUT2D eigenvalue weighted by Crippen LogP contribution is -2.29. The van der Waals surface area contributed by atoms with E-state index in [9.17, 15) is 23.5 Å². The van der Waals surface area contributed by atoms with E-state index in [1.165, 1.54) is 6.07 Å². The minimum atomic E-state index is -1.14. The number of amides is 1. The molecule has 1 atom stereocenters. The molecular formula is C25H20F2N2O3. The number of Topliss-reactive ketones (excluding diaryl/α,β-unsaturated/α-hetero) is 1. The molecule has 3 aromatic rings. The van der Waals surface area contributed by atoms with Crippen molar-refractivity contribution in [2.45, 2.75) is 6.04 Å². The normalized spacial score (nSPS) is 17.6. The van der Waals surface area contributed by atoms with Crippen LogP contribution in [0.5, 0.6) is 0 Å². The summed E-state index contributed by atoms with van der Waals surface area (Å²) in [5.74, 6) is -4.39. The van der Waals surface area contributed by atoms with Crippen LogP contribution in [0.2, 0.25) is 0 Å². The third-order valence-electron chi connectivity index (χ3n) is 5.40. The maximum absolute atomic E-state index is 14.0. The van der Waals surface area contributed by atoms with Gasteiger partial charge in [0.25, 0.3) is 11.7 Å². The van der Waals surface area contributed by atoms with Crippen LogP contribution in [0.3, 0.4) is 0 Å². The van der Waals surface area contributed by atoms with Crippen molar-refractivity contribution in [2.24, 2.45) is 0 Å². The van der Waals surface area contributed by atoms with Gasteiger partial charge in [-0.05, 0) is 29.8 Å². The SMILES string of the molecule is CN(C)c1ccc(C2/C(=C(\O)c3ccccc3)C(=O)C(=O)N2c2ccc(F)c(F)c2)cc1. The van der Waals surface area contributed by atoms with Crippen molar-refractivity contribution >= 4 is 28.8 Å². The molecular weight excluding hydrogens is 414 g/mol. The third-order valence-corrected chi connectivity index (χ3v) is 5.40. The van der Waals surface area contributed by atoms with Crippen molar-refractivity contribution in [2.75, 3.05) is 23.9 Å². The average Bonchev–Trinajstić information content (AvgIpc) is 3.06. The molecule has 1 heterocycles. The van der Waals surface area contributed by atoms with Gasteiger partial charge in [-0.2, -0.15) is 0 Å². The van der Waals surface area contributed by atoms with Gasteiger partial charge >= 0.3 is 0 Å². The lowest BCUT2D eigenvalue weighted by Gasteiger charge is -2.26. The predicted molar refractivity (Wildman–Crippen MR) is 118 cm³/mol. The molecule has 1 amide bonds.